The SMILES string of the molecule is Cc1cccc(N=c2scc(-c3ccc(Cl)cc3)n2[C@H](CC(C)C)C(=O)NCCCCN)c1. The normalized spacial score (nSPS) is 12.8. The minimum atomic E-state index is -0.372. The van der Waals surface area contributed by atoms with Crippen molar-refractivity contribution in [3.8, 4) is 11.3 Å². The van der Waals surface area contributed by atoms with Gasteiger partial charge in [-0.25, -0.2) is 4.99 Å². The quantitative estimate of drug-likeness (QED) is 0.354. The number of benzene rings is 2. The van der Waals surface area contributed by atoms with Gasteiger partial charge in [0.15, 0.2) is 4.80 Å². The number of amides is 1. The first-order valence-electron chi connectivity index (χ1n) is 11.4. The van der Waals surface area contributed by atoms with Gasteiger partial charge in [-0.2, -0.15) is 0 Å². The van der Waals surface area contributed by atoms with Crippen molar-refractivity contribution in [2.75, 3.05) is 13.1 Å². The molecule has 1 amide bonds. The summed E-state index contributed by atoms with van der Waals surface area (Å²) in [6, 6.07) is 15.5. The van der Waals surface area contributed by atoms with E-state index in [2.05, 4.69) is 48.2 Å². The van der Waals surface area contributed by atoms with Crippen LogP contribution in [0.1, 0.15) is 44.7 Å². The number of hydrogen-bond acceptors (Lipinski definition) is 4. The lowest BCUT2D eigenvalue weighted by Crippen LogP contribution is -2.37. The van der Waals surface area contributed by atoms with E-state index in [0.717, 1.165) is 40.2 Å². The number of aryl methyl sites for hydroxylation is 1. The van der Waals surface area contributed by atoms with Gasteiger partial charge < -0.3 is 15.6 Å². The van der Waals surface area contributed by atoms with Crippen LogP contribution in [0.15, 0.2) is 58.9 Å². The van der Waals surface area contributed by atoms with Gasteiger partial charge in [0, 0.05) is 16.9 Å². The molecule has 0 unspecified atom stereocenters. The molecule has 2 aromatic carbocycles. The number of nitrogens with one attached hydrogen (secondary N) is 1. The van der Waals surface area contributed by atoms with Gasteiger partial charge in [-0.1, -0.05) is 49.7 Å². The minimum absolute atomic E-state index is 0.0139. The van der Waals surface area contributed by atoms with Crippen LogP contribution in [-0.4, -0.2) is 23.6 Å². The first-order valence-corrected chi connectivity index (χ1v) is 12.7. The summed E-state index contributed by atoms with van der Waals surface area (Å²) in [6.07, 6.45) is 2.47. The van der Waals surface area contributed by atoms with Gasteiger partial charge in [-0.3, -0.25) is 4.79 Å². The van der Waals surface area contributed by atoms with Gasteiger partial charge in [0.2, 0.25) is 5.91 Å². The van der Waals surface area contributed by atoms with E-state index in [1.807, 2.05) is 36.4 Å². The fraction of sp³-hybridized carbons (Fsp3) is 0.385. The number of rotatable bonds is 10. The molecule has 1 aromatic heterocycles. The molecule has 3 rings (SSSR count). The van der Waals surface area contributed by atoms with Crippen molar-refractivity contribution in [3.05, 3.63) is 69.3 Å². The molecule has 0 saturated carbocycles. The van der Waals surface area contributed by atoms with E-state index in [9.17, 15) is 4.79 Å². The fourth-order valence-corrected chi connectivity index (χ4v) is 4.81. The van der Waals surface area contributed by atoms with Crippen molar-refractivity contribution < 1.29 is 4.79 Å². The smallest absolute Gasteiger partial charge is 0.243 e. The maximum Gasteiger partial charge on any atom is 0.243 e. The Bertz CT molecular complexity index is 1120. The lowest BCUT2D eigenvalue weighted by molar-refractivity contribution is -0.124. The molecule has 1 heterocycles. The van der Waals surface area contributed by atoms with Crippen LogP contribution < -0.4 is 15.9 Å². The monoisotopic (exact) mass is 484 g/mol. The van der Waals surface area contributed by atoms with Crippen molar-refractivity contribution >= 4 is 34.5 Å². The molecule has 0 spiro atoms. The van der Waals surface area contributed by atoms with Gasteiger partial charge in [0.1, 0.15) is 6.04 Å². The largest absolute Gasteiger partial charge is 0.354 e. The zero-order valence-corrected chi connectivity index (χ0v) is 21.1. The third kappa shape index (κ3) is 7.03. The average molecular weight is 485 g/mol. The fourth-order valence-electron chi connectivity index (χ4n) is 3.72. The summed E-state index contributed by atoms with van der Waals surface area (Å²) < 4.78 is 2.09. The molecule has 0 aliphatic rings. The zero-order chi connectivity index (χ0) is 23.8. The van der Waals surface area contributed by atoms with Gasteiger partial charge in [-0.15, -0.1) is 11.3 Å². The molecule has 7 heteroatoms. The van der Waals surface area contributed by atoms with Gasteiger partial charge in [0.25, 0.3) is 0 Å². The van der Waals surface area contributed by atoms with Crippen molar-refractivity contribution in [1.82, 2.24) is 9.88 Å². The molecule has 0 aliphatic carbocycles. The number of unbranched alkanes of at least 4 members (excludes halogenated alkanes) is 1. The number of nitrogens with zero attached hydrogens (tertiary/aromatic N) is 2. The summed E-state index contributed by atoms with van der Waals surface area (Å²) in [5.41, 5.74) is 9.60. The Morgan fingerprint density at radius 2 is 1.94 bits per heavy atom. The maximum absolute atomic E-state index is 13.4. The maximum atomic E-state index is 13.4. The lowest BCUT2D eigenvalue weighted by atomic mass is 10.0. The van der Waals surface area contributed by atoms with Crippen molar-refractivity contribution in [1.29, 1.82) is 0 Å². The first-order chi connectivity index (χ1) is 15.9. The molecule has 176 valence electrons. The van der Waals surface area contributed by atoms with Crippen molar-refractivity contribution in [3.63, 3.8) is 0 Å². The van der Waals surface area contributed by atoms with E-state index in [0.29, 0.717) is 30.5 Å². The molecular formula is C26H33ClN4OS. The number of nitrogens with two attached hydrogens (primary N) is 1. The van der Waals surface area contributed by atoms with E-state index < -0.39 is 0 Å². The van der Waals surface area contributed by atoms with Crippen LogP contribution in [-0.2, 0) is 4.79 Å². The van der Waals surface area contributed by atoms with Crippen LogP contribution in [0.2, 0.25) is 5.02 Å². The standard InChI is InChI=1S/C26H33ClN4OS/c1-18(2)15-23(25(32)29-14-5-4-13-28)31-24(20-9-11-21(27)12-10-20)17-33-26(31)30-22-8-6-7-19(3)16-22/h6-12,16-18,23H,4-5,13-15,28H2,1-3H3,(H,29,32)/t23-/m1/s1. The highest BCUT2D eigenvalue weighted by Gasteiger charge is 2.25. The Kier molecular flexibility index (Phi) is 9.30. The molecule has 3 aromatic rings. The Labute approximate surface area is 205 Å². The van der Waals surface area contributed by atoms with E-state index in [4.69, 9.17) is 22.3 Å². The second-order valence-corrected chi connectivity index (χ2v) is 9.94. The van der Waals surface area contributed by atoms with E-state index in [1.165, 1.54) is 0 Å². The Morgan fingerprint density at radius 3 is 2.61 bits per heavy atom. The third-order valence-electron chi connectivity index (χ3n) is 5.35. The van der Waals surface area contributed by atoms with Crippen LogP contribution >= 0.6 is 22.9 Å². The molecular weight excluding hydrogens is 452 g/mol. The topological polar surface area (TPSA) is 72.4 Å². The lowest BCUT2D eigenvalue weighted by Gasteiger charge is -2.23. The summed E-state index contributed by atoms with van der Waals surface area (Å²) >= 11 is 7.68. The second-order valence-electron chi connectivity index (χ2n) is 8.66. The predicted octanol–water partition coefficient (Wildman–Crippen LogP) is 5.85. The number of halogens is 1. The predicted molar refractivity (Wildman–Crippen MR) is 139 cm³/mol. The third-order valence-corrected chi connectivity index (χ3v) is 6.44. The first kappa shape index (κ1) is 25.2. The van der Waals surface area contributed by atoms with Crippen LogP contribution in [0.5, 0.6) is 0 Å². The van der Waals surface area contributed by atoms with Gasteiger partial charge in [-0.05, 0) is 74.0 Å². The number of carbonyl (C=O) groups excluding carboxylic acids is 1. The minimum Gasteiger partial charge on any atom is -0.354 e. The Balaban J connectivity index is 2.11. The average Bonchev–Trinajstić information content (AvgIpc) is 3.18. The highest BCUT2D eigenvalue weighted by Crippen LogP contribution is 2.28. The Hall–Kier alpha value is -2.41. The zero-order valence-electron chi connectivity index (χ0n) is 19.6. The molecule has 3 N–H and O–H groups in total. The van der Waals surface area contributed by atoms with Crippen molar-refractivity contribution in [2.45, 2.75) is 46.1 Å². The van der Waals surface area contributed by atoms with Crippen molar-refractivity contribution in [2.24, 2.45) is 16.6 Å². The molecule has 33 heavy (non-hydrogen) atoms. The van der Waals surface area contributed by atoms with Gasteiger partial charge >= 0.3 is 0 Å². The Morgan fingerprint density at radius 1 is 1.18 bits per heavy atom. The second kappa shape index (κ2) is 12.2. The van der Waals surface area contributed by atoms with E-state index >= 15 is 0 Å². The highest BCUT2D eigenvalue weighted by molar-refractivity contribution is 7.07. The molecule has 5 nitrogen and oxygen atoms in total. The summed E-state index contributed by atoms with van der Waals surface area (Å²) in [5.74, 6) is 0.349. The van der Waals surface area contributed by atoms with E-state index in [1.54, 1.807) is 11.3 Å². The molecule has 0 saturated heterocycles. The summed E-state index contributed by atoms with van der Waals surface area (Å²) in [4.78, 5) is 19.2. The van der Waals surface area contributed by atoms with Gasteiger partial charge in [0.05, 0.1) is 11.4 Å². The van der Waals surface area contributed by atoms with E-state index in [-0.39, 0.29) is 11.9 Å². The number of thiazole rings is 1. The summed E-state index contributed by atoms with van der Waals surface area (Å²) in [6.45, 7) is 7.58. The van der Waals surface area contributed by atoms with Crippen LogP contribution in [0.25, 0.3) is 11.3 Å². The number of carbonyl (C=O) groups is 1. The molecule has 0 radical (unpaired) electrons. The molecule has 0 bridgehead atoms. The van der Waals surface area contributed by atoms with Crippen LogP contribution in [0.4, 0.5) is 5.69 Å². The molecule has 1 atom stereocenters. The highest BCUT2D eigenvalue weighted by atomic mass is 35.5. The summed E-state index contributed by atoms with van der Waals surface area (Å²) in [5, 5.41) is 5.88. The molecule has 0 fully saturated rings. The summed E-state index contributed by atoms with van der Waals surface area (Å²) in [7, 11) is 0. The molecule has 0 aliphatic heterocycles. The van der Waals surface area contributed by atoms with Crippen LogP contribution in [0, 0.1) is 12.8 Å². The number of aromatic nitrogens is 1. The van der Waals surface area contributed by atoms with Crippen LogP contribution in [0.3, 0.4) is 0 Å². The number of hydrogen-bond donors (Lipinski definition) is 2.